The van der Waals surface area contributed by atoms with E-state index in [0.29, 0.717) is 37.7 Å². The van der Waals surface area contributed by atoms with E-state index in [0.717, 1.165) is 12.8 Å². The van der Waals surface area contributed by atoms with Gasteiger partial charge in [0.1, 0.15) is 5.82 Å². The summed E-state index contributed by atoms with van der Waals surface area (Å²) >= 11 is 0. The zero-order valence-electron chi connectivity index (χ0n) is 11.3. The summed E-state index contributed by atoms with van der Waals surface area (Å²) in [6.07, 6.45) is 2.62. The molecule has 0 aromatic heterocycles. The number of aliphatic hydroxyl groups is 1. The largest absolute Gasteiger partial charge is 0.387 e. The van der Waals surface area contributed by atoms with Crippen molar-refractivity contribution >= 4 is 11.6 Å². The Morgan fingerprint density at radius 3 is 2.85 bits per heavy atom. The third kappa shape index (κ3) is 2.99. The highest BCUT2D eigenvalue weighted by atomic mass is 19.1. The highest BCUT2D eigenvalue weighted by molar-refractivity contribution is 5.90. The zero-order valence-corrected chi connectivity index (χ0v) is 11.3. The molecule has 20 heavy (non-hydrogen) atoms. The van der Waals surface area contributed by atoms with E-state index in [1.165, 1.54) is 12.1 Å². The van der Waals surface area contributed by atoms with Crippen molar-refractivity contribution in [1.82, 2.24) is 4.90 Å². The minimum atomic E-state index is -0.501. The molecule has 1 aliphatic carbocycles. The molecule has 0 bridgehead atoms. The monoisotopic (exact) mass is 278 g/mol. The first-order chi connectivity index (χ1) is 9.55. The Morgan fingerprint density at radius 2 is 2.20 bits per heavy atom. The molecule has 1 aromatic rings. The second-order valence-corrected chi connectivity index (χ2v) is 5.90. The van der Waals surface area contributed by atoms with Gasteiger partial charge in [-0.1, -0.05) is 6.07 Å². The Kier molecular flexibility index (Phi) is 3.48. The Labute approximate surface area is 117 Å². The summed E-state index contributed by atoms with van der Waals surface area (Å²) < 4.78 is 13.0. The van der Waals surface area contributed by atoms with Crippen molar-refractivity contribution in [2.45, 2.75) is 24.9 Å². The van der Waals surface area contributed by atoms with Gasteiger partial charge in [0, 0.05) is 31.7 Å². The third-order valence-electron chi connectivity index (χ3n) is 4.10. The number of anilines is 1. The van der Waals surface area contributed by atoms with Crippen LogP contribution in [0.5, 0.6) is 0 Å². The number of nitrogens with zero attached hydrogens (tertiary/aromatic N) is 1. The minimum Gasteiger partial charge on any atom is -0.387 e. The number of hydrogen-bond donors (Lipinski definition) is 2. The molecule has 1 heterocycles. The topological polar surface area (TPSA) is 52.6 Å². The first-order valence-corrected chi connectivity index (χ1v) is 7.05. The van der Waals surface area contributed by atoms with E-state index in [9.17, 15) is 14.3 Å². The van der Waals surface area contributed by atoms with E-state index in [1.54, 1.807) is 12.1 Å². The van der Waals surface area contributed by atoms with Gasteiger partial charge in [0.2, 0.25) is 5.91 Å². The Balaban J connectivity index is 1.40. The van der Waals surface area contributed by atoms with Gasteiger partial charge >= 0.3 is 0 Å². The predicted molar refractivity (Wildman–Crippen MR) is 73.8 cm³/mol. The van der Waals surface area contributed by atoms with Crippen molar-refractivity contribution in [3.63, 3.8) is 0 Å². The number of β-amino-alcohol motifs (C(OH)–C–C–N with tert-alkyl or cyclic N) is 1. The Morgan fingerprint density at radius 1 is 1.45 bits per heavy atom. The molecular weight excluding hydrogens is 259 g/mol. The van der Waals surface area contributed by atoms with Crippen LogP contribution in [0.3, 0.4) is 0 Å². The number of likely N-dealkylation sites (tertiary alicyclic amines) is 1. The van der Waals surface area contributed by atoms with E-state index in [1.807, 2.05) is 0 Å². The molecule has 2 N–H and O–H groups in total. The molecule has 2 aliphatic rings. The SMILES string of the molecule is O=C(CCN1CC(O)(C2CC2)C1)Nc1cccc(F)c1. The molecule has 0 unspecified atom stereocenters. The summed E-state index contributed by atoms with van der Waals surface area (Å²) in [5.41, 5.74) is -0.0212. The van der Waals surface area contributed by atoms with E-state index >= 15 is 0 Å². The Bertz CT molecular complexity index is 510. The van der Waals surface area contributed by atoms with Gasteiger partial charge in [-0.05, 0) is 37.0 Å². The molecule has 108 valence electrons. The Hall–Kier alpha value is -1.46. The molecule has 1 aromatic carbocycles. The lowest BCUT2D eigenvalue weighted by Gasteiger charge is -2.47. The summed E-state index contributed by atoms with van der Waals surface area (Å²) in [6, 6.07) is 5.87. The van der Waals surface area contributed by atoms with Crippen molar-refractivity contribution in [2.75, 3.05) is 25.0 Å². The quantitative estimate of drug-likeness (QED) is 0.860. The van der Waals surface area contributed by atoms with Gasteiger partial charge in [0.25, 0.3) is 0 Å². The fraction of sp³-hybridized carbons (Fsp3) is 0.533. The second kappa shape index (κ2) is 5.14. The van der Waals surface area contributed by atoms with Gasteiger partial charge in [-0.25, -0.2) is 4.39 Å². The lowest BCUT2D eigenvalue weighted by atomic mass is 9.88. The van der Waals surface area contributed by atoms with E-state index in [2.05, 4.69) is 10.2 Å². The van der Waals surface area contributed by atoms with Crippen LogP contribution in [0.25, 0.3) is 0 Å². The van der Waals surface area contributed by atoms with Gasteiger partial charge in [0.15, 0.2) is 0 Å². The van der Waals surface area contributed by atoms with Crippen LogP contribution in [0, 0.1) is 11.7 Å². The minimum absolute atomic E-state index is 0.127. The van der Waals surface area contributed by atoms with Crippen molar-refractivity contribution in [1.29, 1.82) is 0 Å². The van der Waals surface area contributed by atoms with Gasteiger partial charge < -0.3 is 10.4 Å². The molecule has 2 fully saturated rings. The van der Waals surface area contributed by atoms with Gasteiger partial charge in [-0.2, -0.15) is 0 Å². The number of carbonyl (C=O) groups is 1. The summed E-state index contributed by atoms with van der Waals surface area (Å²) in [6.45, 7) is 1.98. The second-order valence-electron chi connectivity index (χ2n) is 5.90. The average molecular weight is 278 g/mol. The van der Waals surface area contributed by atoms with Crippen molar-refractivity contribution < 1.29 is 14.3 Å². The van der Waals surface area contributed by atoms with Crippen LogP contribution in [0.15, 0.2) is 24.3 Å². The summed E-state index contributed by atoms with van der Waals surface area (Å²) in [5, 5.41) is 12.8. The predicted octanol–water partition coefficient (Wildman–Crippen LogP) is 1.61. The lowest BCUT2D eigenvalue weighted by Crippen LogP contribution is -2.63. The van der Waals surface area contributed by atoms with Gasteiger partial charge in [0.05, 0.1) is 5.60 Å². The first-order valence-electron chi connectivity index (χ1n) is 7.05. The lowest BCUT2D eigenvalue weighted by molar-refractivity contribution is -0.124. The maximum absolute atomic E-state index is 13.0. The van der Waals surface area contributed by atoms with Crippen molar-refractivity contribution in [3.05, 3.63) is 30.1 Å². The number of hydrogen-bond acceptors (Lipinski definition) is 3. The van der Waals surface area contributed by atoms with E-state index in [-0.39, 0.29) is 11.7 Å². The molecule has 0 radical (unpaired) electrons. The number of rotatable bonds is 5. The zero-order chi connectivity index (χ0) is 14.2. The summed E-state index contributed by atoms with van der Waals surface area (Å²) in [5.74, 6) is -0.0163. The maximum Gasteiger partial charge on any atom is 0.225 e. The van der Waals surface area contributed by atoms with Crippen LogP contribution in [0.4, 0.5) is 10.1 Å². The van der Waals surface area contributed by atoms with Crippen LogP contribution in [0.2, 0.25) is 0 Å². The molecule has 3 rings (SSSR count). The highest BCUT2D eigenvalue weighted by Crippen LogP contribution is 2.44. The van der Waals surface area contributed by atoms with Crippen LogP contribution in [-0.4, -0.2) is 41.1 Å². The molecule has 1 saturated heterocycles. The van der Waals surface area contributed by atoms with E-state index in [4.69, 9.17) is 0 Å². The fourth-order valence-corrected chi connectivity index (χ4v) is 2.81. The first kappa shape index (κ1) is 13.5. The number of amides is 1. The molecule has 4 nitrogen and oxygen atoms in total. The van der Waals surface area contributed by atoms with Crippen LogP contribution in [-0.2, 0) is 4.79 Å². The number of carbonyl (C=O) groups excluding carboxylic acids is 1. The maximum atomic E-state index is 13.0. The smallest absolute Gasteiger partial charge is 0.225 e. The number of nitrogens with one attached hydrogen (secondary N) is 1. The molecular formula is C15H19FN2O2. The third-order valence-corrected chi connectivity index (χ3v) is 4.10. The van der Waals surface area contributed by atoms with Crippen molar-refractivity contribution in [2.24, 2.45) is 5.92 Å². The van der Waals surface area contributed by atoms with Crippen LogP contribution >= 0.6 is 0 Å². The molecule has 1 amide bonds. The average Bonchev–Trinajstić information content (AvgIpc) is 3.17. The van der Waals surface area contributed by atoms with Gasteiger partial charge in [-0.15, -0.1) is 0 Å². The standard InChI is InChI=1S/C15H19FN2O2/c16-12-2-1-3-13(8-12)17-14(19)6-7-18-9-15(20,10-18)11-4-5-11/h1-3,8,11,20H,4-7,9-10H2,(H,17,19). The summed E-state index contributed by atoms with van der Waals surface area (Å²) in [7, 11) is 0. The molecule has 0 spiro atoms. The fourth-order valence-electron chi connectivity index (χ4n) is 2.81. The molecule has 5 heteroatoms. The van der Waals surface area contributed by atoms with Crippen LogP contribution < -0.4 is 5.32 Å². The van der Waals surface area contributed by atoms with Crippen LogP contribution in [0.1, 0.15) is 19.3 Å². The number of halogens is 1. The highest BCUT2D eigenvalue weighted by Gasteiger charge is 2.51. The normalized spacial score (nSPS) is 21.3. The number of benzene rings is 1. The van der Waals surface area contributed by atoms with E-state index < -0.39 is 5.60 Å². The van der Waals surface area contributed by atoms with Gasteiger partial charge in [-0.3, -0.25) is 9.69 Å². The van der Waals surface area contributed by atoms with Crippen molar-refractivity contribution in [3.8, 4) is 0 Å². The molecule has 0 atom stereocenters. The summed E-state index contributed by atoms with van der Waals surface area (Å²) in [4.78, 5) is 13.8. The molecule has 1 aliphatic heterocycles. The molecule has 1 saturated carbocycles.